The van der Waals surface area contributed by atoms with Gasteiger partial charge in [0.2, 0.25) is 0 Å². The molecule has 2 atom stereocenters. The van der Waals surface area contributed by atoms with Crippen LogP contribution in [0.4, 0.5) is 0 Å². The molecule has 1 aromatic carbocycles. The third-order valence-corrected chi connectivity index (χ3v) is 3.67. The Labute approximate surface area is 112 Å². The summed E-state index contributed by atoms with van der Waals surface area (Å²) >= 11 is 0. The Balaban J connectivity index is 2.65. The summed E-state index contributed by atoms with van der Waals surface area (Å²) in [6, 6.07) is 11.1. The molecule has 0 bridgehead atoms. The molecule has 0 aliphatic heterocycles. The van der Waals surface area contributed by atoms with E-state index in [9.17, 15) is 0 Å². The molecule has 1 rings (SSSR count). The van der Waals surface area contributed by atoms with Gasteiger partial charge in [-0.25, -0.2) is 0 Å². The van der Waals surface area contributed by atoms with Crippen LogP contribution < -0.4 is 11.1 Å². The van der Waals surface area contributed by atoms with Crippen LogP contribution in [-0.4, -0.2) is 13.1 Å². The molecule has 0 spiro atoms. The molecule has 0 saturated heterocycles. The molecule has 0 aromatic heterocycles. The minimum absolute atomic E-state index is 0.416. The Hall–Kier alpha value is -0.860. The van der Waals surface area contributed by atoms with E-state index in [1.54, 1.807) is 0 Å². The number of nitrogens with two attached hydrogens (primary N) is 1. The van der Waals surface area contributed by atoms with Gasteiger partial charge < -0.3 is 11.1 Å². The highest BCUT2D eigenvalue weighted by Crippen LogP contribution is 2.22. The Bertz CT molecular complexity index is 319. The molecule has 0 heterocycles. The highest BCUT2D eigenvalue weighted by atomic mass is 14.9. The van der Waals surface area contributed by atoms with Crippen molar-refractivity contribution in [3.05, 3.63) is 35.9 Å². The highest BCUT2D eigenvalue weighted by molar-refractivity contribution is 5.19. The molecule has 18 heavy (non-hydrogen) atoms. The van der Waals surface area contributed by atoms with Crippen LogP contribution in [0.25, 0.3) is 0 Å². The molecular formula is C16H28N2. The minimum atomic E-state index is 0.416. The summed E-state index contributed by atoms with van der Waals surface area (Å²) in [5.41, 5.74) is 7.20. The van der Waals surface area contributed by atoms with Gasteiger partial charge in [0.25, 0.3) is 0 Å². The predicted molar refractivity (Wildman–Crippen MR) is 79.4 cm³/mol. The Kier molecular flexibility index (Phi) is 6.37. The lowest BCUT2D eigenvalue weighted by molar-refractivity contribution is 0.322. The van der Waals surface area contributed by atoms with Gasteiger partial charge in [-0.05, 0) is 36.4 Å². The monoisotopic (exact) mass is 248 g/mol. The standard InChI is InChI=1S/C16H28N2/c1-12(2)15(10-17)11-18-16(13(3)4)14-8-6-5-7-9-14/h5-9,12-13,15-16,18H,10-11,17H2,1-4H3. The Morgan fingerprint density at radius 1 is 1.00 bits per heavy atom. The second-order valence-electron chi connectivity index (χ2n) is 5.78. The first kappa shape index (κ1) is 15.2. The van der Waals surface area contributed by atoms with Gasteiger partial charge in [0.1, 0.15) is 0 Å². The smallest absolute Gasteiger partial charge is 0.0343 e. The van der Waals surface area contributed by atoms with Crippen LogP contribution in [0.2, 0.25) is 0 Å². The van der Waals surface area contributed by atoms with E-state index in [1.807, 2.05) is 0 Å². The molecule has 2 unspecified atom stereocenters. The minimum Gasteiger partial charge on any atom is -0.330 e. The Morgan fingerprint density at radius 2 is 1.61 bits per heavy atom. The summed E-state index contributed by atoms with van der Waals surface area (Å²) in [7, 11) is 0. The lowest BCUT2D eigenvalue weighted by Crippen LogP contribution is -2.35. The van der Waals surface area contributed by atoms with E-state index in [4.69, 9.17) is 5.73 Å². The molecule has 0 amide bonds. The van der Waals surface area contributed by atoms with Gasteiger partial charge in [-0.1, -0.05) is 58.0 Å². The SMILES string of the molecule is CC(C)C(CN)CNC(c1ccccc1)C(C)C. The summed E-state index contributed by atoms with van der Waals surface area (Å²) in [4.78, 5) is 0. The van der Waals surface area contributed by atoms with E-state index < -0.39 is 0 Å². The van der Waals surface area contributed by atoms with Crippen molar-refractivity contribution in [1.82, 2.24) is 5.32 Å². The predicted octanol–water partition coefficient (Wildman–Crippen LogP) is 3.20. The summed E-state index contributed by atoms with van der Waals surface area (Å²) in [6.45, 7) is 10.8. The van der Waals surface area contributed by atoms with E-state index in [0.717, 1.165) is 13.1 Å². The first-order valence-corrected chi connectivity index (χ1v) is 7.04. The first-order valence-electron chi connectivity index (χ1n) is 7.04. The van der Waals surface area contributed by atoms with Crippen LogP contribution in [0.1, 0.15) is 39.3 Å². The van der Waals surface area contributed by atoms with Crippen molar-refractivity contribution in [3.63, 3.8) is 0 Å². The van der Waals surface area contributed by atoms with Crippen molar-refractivity contribution in [2.24, 2.45) is 23.5 Å². The quantitative estimate of drug-likeness (QED) is 0.777. The molecule has 2 heteroatoms. The first-order chi connectivity index (χ1) is 8.56. The molecule has 3 N–H and O–H groups in total. The number of hydrogen-bond donors (Lipinski definition) is 2. The van der Waals surface area contributed by atoms with Crippen LogP contribution in [0.15, 0.2) is 30.3 Å². The zero-order valence-corrected chi connectivity index (χ0v) is 12.2. The second kappa shape index (κ2) is 7.55. The normalized spacial score (nSPS) is 15.1. The number of nitrogens with one attached hydrogen (secondary N) is 1. The fourth-order valence-electron chi connectivity index (χ4n) is 2.27. The molecule has 0 aliphatic carbocycles. The molecule has 1 aromatic rings. The molecule has 0 saturated carbocycles. The van der Waals surface area contributed by atoms with E-state index in [-0.39, 0.29) is 0 Å². The lowest BCUT2D eigenvalue weighted by Gasteiger charge is -2.27. The van der Waals surface area contributed by atoms with Crippen molar-refractivity contribution in [2.75, 3.05) is 13.1 Å². The third-order valence-electron chi connectivity index (χ3n) is 3.67. The van der Waals surface area contributed by atoms with Gasteiger partial charge in [-0.15, -0.1) is 0 Å². The second-order valence-corrected chi connectivity index (χ2v) is 5.78. The Morgan fingerprint density at radius 3 is 2.06 bits per heavy atom. The van der Waals surface area contributed by atoms with Crippen molar-refractivity contribution in [1.29, 1.82) is 0 Å². The van der Waals surface area contributed by atoms with Gasteiger partial charge in [-0.2, -0.15) is 0 Å². The summed E-state index contributed by atoms with van der Waals surface area (Å²) in [6.07, 6.45) is 0. The third kappa shape index (κ3) is 4.43. The number of benzene rings is 1. The van der Waals surface area contributed by atoms with Crippen molar-refractivity contribution < 1.29 is 0 Å². The maximum absolute atomic E-state index is 5.83. The largest absolute Gasteiger partial charge is 0.330 e. The summed E-state index contributed by atoms with van der Waals surface area (Å²) in [5.74, 6) is 1.76. The van der Waals surface area contributed by atoms with Crippen LogP contribution >= 0.6 is 0 Å². The molecule has 2 nitrogen and oxygen atoms in total. The van der Waals surface area contributed by atoms with Crippen LogP contribution in [0.5, 0.6) is 0 Å². The zero-order valence-electron chi connectivity index (χ0n) is 12.2. The summed E-state index contributed by atoms with van der Waals surface area (Å²) in [5, 5.41) is 3.69. The van der Waals surface area contributed by atoms with Crippen molar-refractivity contribution in [3.8, 4) is 0 Å². The zero-order chi connectivity index (χ0) is 13.5. The average molecular weight is 248 g/mol. The van der Waals surface area contributed by atoms with E-state index >= 15 is 0 Å². The van der Waals surface area contributed by atoms with E-state index in [0.29, 0.717) is 23.8 Å². The van der Waals surface area contributed by atoms with Gasteiger partial charge in [0.05, 0.1) is 0 Å². The highest BCUT2D eigenvalue weighted by Gasteiger charge is 2.18. The molecule has 102 valence electrons. The van der Waals surface area contributed by atoms with E-state index in [2.05, 4.69) is 63.3 Å². The van der Waals surface area contributed by atoms with Crippen molar-refractivity contribution in [2.45, 2.75) is 33.7 Å². The molecule has 0 fully saturated rings. The van der Waals surface area contributed by atoms with Crippen LogP contribution in [0, 0.1) is 17.8 Å². The maximum Gasteiger partial charge on any atom is 0.0343 e. The van der Waals surface area contributed by atoms with Crippen LogP contribution in [-0.2, 0) is 0 Å². The molecular weight excluding hydrogens is 220 g/mol. The van der Waals surface area contributed by atoms with Gasteiger partial charge in [-0.3, -0.25) is 0 Å². The van der Waals surface area contributed by atoms with Gasteiger partial charge in [0.15, 0.2) is 0 Å². The number of rotatable bonds is 7. The molecule has 0 radical (unpaired) electrons. The lowest BCUT2D eigenvalue weighted by atomic mass is 9.92. The van der Waals surface area contributed by atoms with Crippen LogP contribution in [0.3, 0.4) is 0 Å². The van der Waals surface area contributed by atoms with Gasteiger partial charge in [0, 0.05) is 6.04 Å². The summed E-state index contributed by atoms with van der Waals surface area (Å²) < 4.78 is 0. The average Bonchev–Trinajstić information content (AvgIpc) is 2.35. The molecule has 0 aliphatic rings. The van der Waals surface area contributed by atoms with E-state index in [1.165, 1.54) is 5.56 Å². The topological polar surface area (TPSA) is 38.0 Å². The van der Waals surface area contributed by atoms with Crippen molar-refractivity contribution >= 4 is 0 Å². The fraction of sp³-hybridized carbons (Fsp3) is 0.625. The number of hydrogen-bond acceptors (Lipinski definition) is 2. The van der Waals surface area contributed by atoms with Gasteiger partial charge >= 0.3 is 0 Å². The fourth-order valence-corrected chi connectivity index (χ4v) is 2.27. The maximum atomic E-state index is 5.83.